The van der Waals surface area contributed by atoms with Gasteiger partial charge in [-0.05, 0) is 51.9 Å². The summed E-state index contributed by atoms with van der Waals surface area (Å²) >= 11 is 3.44. The van der Waals surface area contributed by atoms with Gasteiger partial charge in [-0.3, -0.25) is 9.59 Å². The molecule has 3 saturated carbocycles. The second-order valence-corrected chi connectivity index (χ2v) is 9.96. The van der Waals surface area contributed by atoms with Crippen molar-refractivity contribution < 1.29 is 4.79 Å². The molecule has 1 aliphatic heterocycles. The first-order valence-electron chi connectivity index (χ1n) is 10.3. The molecule has 1 saturated heterocycles. The molecule has 4 atom stereocenters. The van der Waals surface area contributed by atoms with E-state index in [1.54, 1.807) is 11.1 Å². The summed E-state index contributed by atoms with van der Waals surface area (Å²) in [6.45, 7) is 9.99. The molecule has 4 aliphatic rings. The van der Waals surface area contributed by atoms with Crippen LogP contribution in [-0.2, 0) is 11.3 Å². The number of nitrogens with one attached hydrogen (secondary N) is 2. The van der Waals surface area contributed by atoms with E-state index in [0.29, 0.717) is 34.9 Å². The number of rotatable bonds is 4. The first-order valence-corrected chi connectivity index (χ1v) is 11.1. The molecule has 8 heteroatoms. The summed E-state index contributed by atoms with van der Waals surface area (Å²) in [5.74, 6) is 1.97. The zero-order valence-electron chi connectivity index (χ0n) is 16.9. The monoisotopic (exact) mass is 451 g/mol. The summed E-state index contributed by atoms with van der Waals surface area (Å²) in [7, 11) is 0. The fraction of sp³-hybridized carbons (Fsp3) is 0.750. The molecule has 28 heavy (non-hydrogen) atoms. The normalized spacial score (nSPS) is 31.2. The molecular formula is C20H30BrN5O2. The van der Waals surface area contributed by atoms with E-state index in [1.807, 2.05) is 0 Å². The number of hydrogen-bond donors (Lipinski definition) is 2. The van der Waals surface area contributed by atoms with Crippen LogP contribution in [0.2, 0.25) is 0 Å². The van der Waals surface area contributed by atoms with Gasteiger partial charge in [0.2, 0.25) is 5.91 Å². The molecule has 0 radical (unpaired) electrons. The van der Waals surface area contributed by atoms with Crippen LogP contribution in [0.4, 0.5) is 5.69 Å². The van der Waals surface area contributed by atoms with Crippen LogP contribution in [0.25, 0.3) is 0 Å². The minimum absolute atomic E-state index is 0.0180. The number of hydrogen-bond acceptors (Lipinski definition) is 5. The Hall–Kier alpha value is -1.41. The van der Waals surface area contributed by atoms with Crippen LogP contribution in [0.15, 0.2) is 15.5 Å². The number of halogens is 1. The van der Waals surface area contributed by atoms with Crippen molar-refractivity contribution in [2.75, 3.05) is 31.5 Å². The molecule has 1 amide bonds. The predicted octanol–water partition coefficient (Wildman–Crippen LogP) is 1.92. The van der Waals surface area contributed by atoms with E-state index in [0.717, 1.165) is 37.0 Å². The lowest BCUT2D eigenvalue weighted by molar-refractivity contribution is -0.132. The third-order valence-corrected chi connectivity index (χ3v) is 8.20. The van der Waals surface area contributed by atoms with Crippen LogP contribution in [0.5, 0.6) is 0 Å². The van der Waals surface area contributed by atoms with E-state index in [2.05, 4.69) is 52.4 Å². The first-order chi connectivity index (χ1) is 13.3. The Balaban J connectivity index is 1.45. The van der Waals surface area contributed by atoms with Crippen LogP contribution < -0.4 is 16.2 Å². The highest BCUT2D eigenvalue weighted by Crippen LogP contribution is 2.61. The van der Waals surface area contributed by atoms with Crippen LogP contribution in [-0.4, -0.2) is 52.8 Å². The van der Waals surface area contributed by atoms with Crippen molar-refractivity contribution in [3.63, 3.8) is 0 Å². The van der Waals surface area contributed by atoms with Gasteiger partial charge in [0.1, 0.15) is 11.0 Å². The summed E-state index contributed by atoms with van der Waals surface area (Å²) in [5, 5.41) is 11.0. The third kappa shape index (κ3) is 3.38. The Morgan fingerprint density at radius 1 is 1.36 bits per heavy atom. The maximum atomic E-state index is 12.7. The van der Waals surface area contributed by atoms with E-state index in [4.69, 9.17) is 0 Å². The SMILES string of the molecule is C[C@@H]1[C@H]2C[C@@H](C[C@H]1Nc1cnn(CC(=O)N3CCNCC3)c(=O)c1Br)C2(C)C. The zero-order chi connectivity index (χ0) is 20.1. The van der Waals surface area contributed by atoms with Gasteiger partial charge in [0.25, 0.3) is 5.56 Å². The van der Waals surface area contributed by atoms with Crippen molar-refractivity contribution in [2.45, 2.75) is 46.2 Å². The quantitative estimate of drug-likeness (QED) is 0.730. The molecule has 2 heterocycles. The molecule has 4 fully saturated rings. The Kier molecular flexibility index (Phi) is 5.29. The Morgan fingerprint density at radius 3 is 2.71 bits per heavy atom. The summed E-state index contributed by atoms with van der Waals surface area (Å²) in [4.78, 5) is 27.0. The van der Waals surface area contributed by atoms with Gasteiger partial charge in [-0.2, -0.15) is 5.10 Å². The summed E-state index contributed by atoms with van der Waals surface area (Å²) in [5.41, 5.74) is 0.898. The van der Waals surface area contributed by atoms with Gasteiger partial charge in [-0.1, -0.05) is 20.8 Å². The molecule has 0 spiro atoms. The highest BCUT2D eigenvalue weighted by molar-refractivity contribution is 9.10. The first kappa shape index (κ1) is 19.9. The molecule has 5 rings (SSSR count). The maximum Gasteiger partial charge on any atom is 0.283 e. The van der Waals surface area contributed by atoms with Crippen molar-refractivity contribution in [3.8, 4) is 0 Å². The number of carbonyl (C=O) groups is 1. The number of piperazine rings is 1. The molecule has 0 unspecified atom stereocenters. The highest BCUT2D eigenvalue weighted by Gasteiger charge is 2.56. The Morgan fingerprint density at radius 2 is 2.07 bits per heavy atom. The van der Waals surface area contributed by atoms with Crippen molar-refractivity contribution in [3.05, 3.63) is 21.0 Å². The molecule has 2 bridgehead atoms. The van der Waals surface area contributed by atoms with Crippen LogP contribution in [0.3, 0.4) is 0 Å². The Labute approximate surface area is 174 Å². The topological polar surface area (TPSA) is 79.3 Å². The highest BCUT2D eigenvalue weighted by atomic mass is 79.9. The minimum atomic E-state index is -0.262. The molecule has 0 aromatic carbocycles. The average molecular weight is 452 g/mol. The van der Waals surface area contributed by atoms with E-state index in [-0.39, 0.29) is 18.0 Å². The molecule has 7 nitrogen and oxygen atoms in total. The van der Waals surface area contributed by atoms with Crippen LogP contribution >= 0.6 is 15.9 Å². The molecular weight excluding hydrogens is 422 g/mol. The lowest BCUT2D eigenvalue weighted by atomic mass is 9.45. The van der Waals surface area contributed by atoms with Crippen molar-refractivity contribution in [1.29, 1.82) is 0 Å². The number of fused-ring (bicyclic) bond motifs is 2. The van der Waals surface area contributed by atoms with E-state index in [9.17, 15) is 9.59 Å². The van der Waals surface area contributed by atoms with Gasteiger partial charge in [-0.15, -0.1) is 0 Å². The van der Waals surface area contributed by atoms with Gasteiger partial charge < -0.3 is 15.5 Å². The summed E-state index contributed by atoms with van der Waals surface area (Å²) < 4.78 is 1.71. The molecule has 3 aliphatic carbocycles. The van der Waals surface area contributed by atoms with Gasteiger partial charge in [0.15, 0.2) is 0 Å². The van der Waals surface area contributed by atoms with E-state index >= 15 is 0 Å². The van der Waals surface area contributed by atoms with Gasteiger partial charge in [-0.25, -0.2) is 4.68 Å². The standard InChI is InChI=1S/C20H30BrN5O2/c1-12-14-8-13(20(14,2)3)9-15(12)24-16-10-23-26(19(28)18(16)21)11-17(27)25-6-4-22-5-7-25/h10,12-15,22,24H,4-9,11H2,1-3H3/t12-,13+,14-,15-/m1/s1. The third-order valence-electron chi connectivity index (χ3n) is 7.43. The number of carbonyl (C=O) groups excluding carboxylic acids is 1. The number of aromatic nitrogens is 2. The number of amides is 1. The fourth-order valence-electron chi connectivity index (χ4n) is 5.36. The molecule has 2 N–H and O–H groups in total. The largest absolute Gasteiger partial charge is 0.380 e. The Bertz CT molecular complexity index is 817. The average Bonchev–Trinajstić information content (AvgIpc) is 2.69. The second kappa shape index (κ2) is 7.44. The van der Waals surface area contributed by atoms with Crippen LogP contribution in [0.1, 0.15) is 33.6 Å². The molecule has 154 valence electrons. The maximum absolute atomic E-state index is 12.7. The number of anilines is 1. The zero-order valence-corrected chi connectivity index (χ0v) is 18.5. The van der Waals surface area contributed by atoms with E-state index in [1.165, 1.54) is 11.1 Å². The second-order valence-electron chi connectivity index (χ2n) is 9.17. The van der Waals surface area contributed by atoms with Crippen molar-refractivity contribution in [2.24, 2.45) is 23.2 Å². The summed E-state index contributed by atoms with van der Waals surface area (Å²) in [6.07, 6.45) is 4.12. The number of nitrogens with zero attached hydrogens (tertiary/aromatic N) is 3. The molecule has 1 aromatic rings. The van der Waals surface area contributed by atoms with Gasteiger partial charge in [0, 0.05) is 32.2 Å². The van der Waals surface area contributed by atoms with Crippen molar-refractivity contribution >= 4 is 27.5 Å². The van der Waals surface area contributed by atoms with Crippen molar-refractivity contribution in [1.82, 2.24) is 20.0 Å². The smallest absolute Gasteiger partial charge is 0.283 e. The van der Waals surface area contributed by atoms with E-state index < -0.39 is 0 Å². The molecule has 1 aromatic heterocycles. The lowest BCUT2D eigenvalue weighted by Gasteiger charge is -2.62. The minimum Gasteiger partial charge on any atom is -0.380 e. The fourth-order valence-corrected chi connectivity index (χ4v) is 5.78. The van der Waals surface area contributed by atoms with Crippen LogP contribution in [0, 0.1) is 23.2 Å². The van der Waals surface area contributed by atoms with Gasteiger partial charge in [0.05, 0.1) is 11.9 Å². The predicted molar refractivity (Wildman–Crippen MR) is 112 cm³/mol. The van der Waals surface area contributed by atoms with Gasteiger partial charge >= 0.3 is 0 Å². The lowest BCUT2D eigenvalue weighted by Crippen LogP contribution is -2.58. The summed E-state index contributed by atoms with van der Waals surface area (Å²) in [6, 6.07) is 0.354.